The summed E-state index contributed by atoms with van der Waals surface area (Å²) in [5.41, 5.74) is 1.39. The fraction of sp³-hybridized carbons (Fsp3) is 0.450. The quantitative estimate of drug-likeness (QED) is 0.686. The number of allylic oxidation sites excluding steroid dienone is 1. The molecule has 0 bridgehead atoms. The van der Waals surface area contributed by atoms with Gasteiger partial charge in [-0.25, -0.2) is 4.68 Å². The largest absolute Gasteiger partial charge is 0.352 e. The van der Waals surface area contributed by atoms with E-state index in [4.69, 9.17) is 0 Å². The summed E-state index contributed by atoms with van der Waals surface area (Å²) in [5, 5.41) is 8.18. The maximum Gasteiger partial charge on any atom is 0.291 e. The monoisotopic (exact) mass is 384 g/mol. The maximum atomic E-state index is 13.1. The summed E-state index contributed by atoms with van der Waals surface area (Å²) in [6.07, 6.45) is 9.08. The molecule has 1 aliphatic carbocycles. The van der Waals surface area contributed by atoms with Crippen LogP contribution in [0.5, 0.6) is 0 Å². The van der Waals surface area contributed by atoms with E-state index in [-0.39, 0.29) is 24.1 Å². The number of fused-ring (bicyclic) bond motifs is 3. The van der Waals surface area contributed by atoms with Crippen LogP contribution in [0.15, 0.2) is 29.7 Å². The van der Waals surface area contributed by atoms with Crippen molar-refractivity contribution in [1.82, 2.24) is 19.7 Å². The van der Waals surface area contributed by atoms with Crippen LogP contribution in [0.2, 0.25) is 0 Å². The molecular weight excluding hydrogens is 360 g/mol. The summed E-state index contributed by atoms with van der Waals surface area (Å²) in [4.78, 5) is 26.7. The molecule has 3 aromatic heterocycles. The van der Waals surface area contributed by atoms with Crippen LogP contribution in [0.1, 0.15) is 37.0 Å². The molecule has 7 heteroatoms. The number of carbonyl (C=O) groups is 1. The number of nitrogens with one attached hydrogen (secondary N) is 1. The van der Waals surface area contributed by atoms with E-state index in [1.165, 1.54) is 16.0 Å². The smallest absolute Gasteiger partial charge is 0.291 e. The molecule has 6 nitrogen and oxygen atoms in total. The molecule has 0 spiro atoms. The van der Waals surface area contributed by atoms with Gasteiger partial charge < -0.3 is 9.88 Å². The molecule has 1 amide bonds. The Kier molecular flexibility index (Phi) is 4.86. The van der Waals surface area contributed by atoms with E-state index in [0.29, 0.717) is 12.1 Å². The summed E-state index contributed by atoms with van der Waals surface area (Å²) < 4.78 is 4.31. The molecule has 3 heterocycles. The van der Waals surface area contributed by atoms with Gasteiger partial charge in [-0.1, -0.05) is 25.3 Å². The van der Waals surface area contributed by atoms with Crippen molar-refractivity contribution in [2.75, 3.05) is 0 Å². The molecule has 27 heavy (non-hydrogen) atoms. The molecule has 0 aliphatic heterocycles. The predicted molar refractivity (Wildman–Crippen MR) is 109 cm³/mol. The first kappa shape index (κ1) is 18.0. The molecule has 4 rings (SSSR count). The van der Waals surface area contributed by atoms with Gasteiger partial charge >= 0.3 is 0 Å². The highest BCUT2D eigenvalue weighted by atomic mass is 32.1. The molecule has 0 saturated heterocycles. The molecule has 142 valence electrons. The van der Waals surface area contributed by atoms with Gasteiger partial charge in [0.25, 0.3) is 5.56 Å². The lowest BCUT2D eigenvalue weighted by molar-refractivity contribution is -0.122. The van der Waals surface area contributed by atoms with Gasteiger partial charge in [-0.2, -0.15) is 5.10 Å². The molecule has 3 aromatic rings. The number of amides is 1. The van der Waals surface area contributed by atoms with E-state index in [1.54, 1.807) is 23.6 Å². The number of rotatable bonds is 5. The van der Waals surface area contributed by atoms with Gasteiger partial charge in [0.05, 0.1) is 16.4 Å². The Hall–Kier alpha value is -2.41. The Morgan fingerprint density at radius 2 is 2.19 bits per heavy atom. The first-order chi connectivity index (χ1) is 13.1. The minimum absolute atomic E-state index is 0.0444. The summed E-state index contributed by atoms with van der Waals surface area (Å²) >= 11 is 1.66. The van der Waals surface area contributed by atoms with Crippen LogP contribution in [0.4, 0.5) is 0 Å². The van der Waals surface area contributed by atoms with Crippen molar-refractivity contribution < 1.29 is 4.79 Å². The van der Waals surface area contributed by atoms with Crippen LogP contribution < -0.4 is 10.9 Å². The first-order valence-electron chi connectivity index (χ1n) is 9.47. The second-order valence-electron chi connectivity index (χ2n) is 7.24. The number of aromatic nitrogens is 3. The number of hydrogen-bond acceptors (Lipinski definition) is 4. The Balaban J connectivity index is 1.69. The molecule has 1 fully saturated rings. The van der Waals surface area contributed by atoms with Gasteiger partial charge in [0.15, 0.2) is 0 Å². The van der Waals surface area contributed by atoms with E-state index in [0.717, 1.165) is 41.3 Å². The standard InChI is InChI=1S/C20H24N4O2S/c1-3-9-23-16-10-13(2)27-19(16)15-11-21-24(20(26)18(15)23)12-17(25)22-14-7-5-4-6-8-14/h3,10-11,14H,1,4-9,12H2,2H3,(H,22,25). The first-order valence-corrected chi connectivity index (χ1v) is 10.3. The summed E-state index contributed by atoms with van der Waals surface area (Å²) in [5.74, 6) is -0.143. The van der Waals surface area contributed by atoms with Crippen molar-refractivity contribution in [1.29, 1.82) is 0 Å². The zero-order valence-electron chi connectivity index (χ0n) is 15.5. The Morgan fingerprint density at radius 1 is 1.41 bits per heavy atom. The lowest BCUT2D eigenvalue weighted by atomic mass is 9.95. The third kappa shape index (κ3) is 3.32. The van der Waals surface area contributed by atoms with E-state index in [9.17, 15) is 9.59 Å². The topological polar surface area (TPSA) is 68.9 Å². The number of carbonyl (C=O) groups excluding carboxylic acids is 1. The van der Waals surface area contributed by atoms with Crippen molar-refractivity contribution in [3.8, 4) is 0 Å². The third-order valence-electron chi connectivity index (χ3n) is 5.23. The zero-order valence-corrected chi connectivity index (χ0v) is 16.3. The second kappa shape index (κ2) is 7.31. The van der Waals surface area contributed by atoms with Crippen LogP contribution >= 0.6 is 11.3 Å². The Bertz CT molecular complexity index is 1070. The van der Waals surface area contributed by atoms with Crippen LogP contribution in [0.25, 0.3) is 21.1 Å². The van der Waals surface area contributed by atoms with Gasteiger partial charge in [-0.15, -0.1) is 17.9 Å². The summed E-state index contributed by atoms with van der Waals surface area (Å²) in [6, 6.07) is 2.31. The lowest BCUT2D eigenvalue weighted by Crippen LogP contribution is -2.40. The molecule has 0 unspecified atom stereocenters. The molecule has 0 atom stereocenters. The highest BCUT2D eigenvalue weighted by Gasteiger charge is 2.20. The molecular formula is C20H24N4O2S. The summed E-state index contributed by atoms with van der Waals surface area (Å²) in [6.45, 7) is 6.37. The van der Waals surface area contributed by atoms with Crippen LogP contribution in [-0.4, -0.2) is 26.3 Å². The van der Waals surface area contributed by atoms with Gasteiger partial charge in [0.1, 0.15) is 12.1 Å². The summed E-state index contributed by atoms with van der Waals surface area (Å²) in [7, 11) is 0. The predicted octanol–water partition coefficient (Wildman–Crippen LogP) is 3.36. The number of nitrogens with zero attached hydrogens (tertiary/aromatic N) is 3. The van der Waals surface area contributed by atoms with Gasteiger partial charge in [0.2, 0.25) is 5.91 Å². The lowest BCUT2D eigenvalue weighted by Gasteiger charge is -2.22. The highest BCUT2D eigenvalue weighted by Crippen LogP contribution is 2.33. The average Bonchev–Trinajstić information content (AvgIpc) is 3.15. The van der Waals surface area contributed by atoms with Crippen molar-refractivity contribution >= 4 is 38.4 Å². The van der Waals surface area contributed by atoms with Crippen molar-refractivity contribution in [3.05, 3.63) is 40.1 Å². The fourth-order valence-electron chi connectivity index (χ4n) is 4.01. The van der Waals surface area contributed by atoms with Gasteiger partial charge in [-0.05, 0) is 25.8 Å². The van der Waals surface area contributed by atoms with E-state index < -0.39 is 0 Å². The highest BCUT2D eigenvalue weighted by molar-refractivity contribution is 7.20. The van der Waals surface area contributed by atoms with Crippen molar-refractivity contribution in [2.45, 2.75) is 58.2 Å². The van der Waals surface area contributed by atoms with Crippen LogP contribution in [-0.2, 0) is 17.9 Å². The molecule has 1 aliphatic rings. The Labute approximate surface area is 161 Å². The van der Waals surface area contributed by atoms with Crippen LogP contribution in [0.3, 0.4) is 0 Å². The normalized spacial score (nSPS) is 15.4. The van der Waals surface area contributed by atoms with Crippen molar-refractivity contribution in [2.24, 2.45) is 0 Å². The van der Waals surface area contributed by atoms with Gasteiger partial charge in [0, 0.05) is 22.8 Å². The molecule has 0 aromatic carbocycles. The minimum atomic E-state index is -0.228. The Morgan fingerprint density at radius 3 is 2.93 bits per heavy atom. The minimum Gasteiger partial charge on any atom is -0.352 e. The number of hydrogen-bond donors (Lipinski definition) is 1. The van der Waals surface area contributed by atoms with Gasteiger partial charge in [-0.3, -0.25) is 9.59 Å². The number of thiophene rings is 1. The molecule has 1 N–H and O–H groups in total. The van der Waals surface area contributed by atoms with Crippen molar-refractivity contribution in [3.63, 3.8) is 0 Å². The zero-order chi connectivity index (χ0) is 19.0. The SMILES string of the molecule is C=CCn1c2cc(C)sc2c2cnn(CC(=O)NC3CCCCC3)c(=O)c21. The maximum absolute atomic E-state index is 13.1. The fourth-order valence-corrected chi connectivity index (χ4v) is 5.03. The molecule has 0 radical (unpaired) electrons. The average molecular weight is 385 g/mol. The second-order valence-corrected chi connectivity index (χ2v) is 8.50. The van der Waals surface area contributed by atoms with E-state index in [1.807, 2.05) is 4.57 Å². The van der Waals surface area contributed by atoms with Crippen LogP contribution in [0, 0.1) is 6.92 Å². The third-order valence-corrected chi connectivity index (χ3v) is 6.31. The molecule has 1 saturated carbocycles. The van der Waals surface area contributed by atoms with E-state index >= 15 is 0 Å². The van der Waals surface area contributed by atoms with E-state index in [2.05, 4.69) is 30.0 Å². The number of aryl methyl sites for hydroxylation is 1.